The SMILES string of the molecule is CN1CCC2(CN(c3ncccn3)CC23CCN(C(=O)c2ccc(Cl)cc2)CC3)C1=O. The molecule has 0 saturated carbocycles. The van der Waals surface area contributed by atoms with Gasteiger partial charge in [0.2, 0.25) is 11.9 Å². The molecule has 3 aliphatic rings. The lowest BCUT2D eigenvalue weighted by Crippen LogP contribution is -2.53. The van der Waals surface area contributed by atoms with Gasteiger partial charge in [-0.15, -0.1) is 0 Å². The highest BCUT2D eigenvalue weighted by atomic mass is 35.5. The lowest BCUT2D eigenvalue weighted by atomic mass is 9.60. The summed E-state index contributed by atoms with van der Waals surface area (Å²) in [6.45, 7) is 3.45. The molecule has 0 aliphatic carbocycles. The summed E-state index contributed by atoms with van der Waals surface area (Å²) in [5.74, 6) is 0.931. The molecule has 162 valence electrons. The van der Waals surface area contributed by atoms with Crippen molar-refractivity contribution in [3.63, 3.8) is 0 Å². The van der Waals surface area contributed by atoms with E-state index in [1.165, 1.54) is 0 Å². The van der Waals surface area contributed by atoms with Crippen LogP contribution >= 0.6 is 11.6 Å². The molecule has 1 aromatic carbocycles. The van der Waals surface area contributed by atoms with Crippen LogP contribution in [0.5, 0.6) is 0 Å². The second-order valence-corrected chi connectivity index (χ2v) is 9.48. The zero-order valence-corrected chi connectivity index (χ0v) is 18.4. The van der Waals surface area contributed by atoms with E-state index in [1.807, 2.05) is 16.8 Å². The van der Waals surface area contributed by atoms with E-state index >= 15 is 0 Å². The van der Waals surface area contributed by atoms with Crippen LogP contribution < -0.4 is 4.90 Å². The van der Waals surface area contributed by atoms with Crippen molar-refractivity contribution < 1.29 is 9.59 Å². The van der Waals surface area contributed by atoms with Gasteiger partial charge in [0.05, 0.1) is 5.41 Å². The molecule has 3 aliphatic heterocycles. The maximum absolute atomic E-state index is 13.4. The Morgan fingerprint density at radius 3 is 2.29 bits per heavy atom. The smallest absolute Gasteiger partial charge is 0.253 e. The molecule has 0 bridgehead atoms. The Kier molecular flexibility index (Phi) is 4.88. The fourth-order valence-electron chi connectivity index (χ4n) is 5.78. The minimum atomic E-state index is -0.434. The maximum atomic E-state index is 13.4. The van der Waals surface area contributed by atoms with Gasteiger partial charge in [0.15, 0.2) is 0 Å². The van der Waals surface area contributed by atoms with Crippen molar-refractivity contribution in [2.45, 2.75) is 19.3 Å². The number of halogens is 1. The molecule has 0 N–H and O–H groups in total. The minimum absolute atomic E-state index is 0.0247. The molecule has 1 aromatic heterocycles. The summed E-state index contributed by atoms with van der Waals surface area (Å²) in [7, 11) is 1.89. The largest absolute Gasteiger partial charge is 0.345 e. The number of likely N-dealkylation sites (tertiary alicyclic amines) is 2. The van der Waals surface area contributed by atoms with Gasteiger partial charge in [0, 0.05) is 68.2 Å². The van der Waals surface area contributed by atoms with Gasteiger partial charge in [-0.2, -0.15) is 0 Å². The molecule has 7 nitrogen and oxygen atoms in total. The molecule has 31 heavy (non-hydrogen) atoms. The Bertz CT molecular complexity index is 991. The van der Waals surface area contributed by atoms with Gasteiger partial charge in [-0.25, -0.2) is 9.97 Å². The molecule has 1 unspecified atom stereocenters. The van der Waals surface area contributed by atoms with Crippen molar-refractivity contribution in [2.75, 3.05) is 44.7 Å². The van der Waals surface area contributed by atoms with Gasteiger partial charge in [0.25, 0.3) is 5.91 Å². The molecular weight excluding hydrogens is 414 g/mol. The summed E-state index contributed by atoms with van der Waals surface area (Å²) in [6, 6.07) is 8.85. The van der Waals surface area contributed by atoms with Crippen LogP contribution in [0.4, 0.5) is 5.95 Å². The highest BCUT2D eigenvalue weighted by Gasteiger charge is 2.65. The first-order valence-corrected chi connectivity index (χ1v) is 11.1. The monoisotopic (exact) mass is 439 g/mol. The number of hydrogen-bond donors (Lipinski definition) is 0. The van der Waals surface area contributed by atoms with Gasteiger partial charge in [-0.05, 0) is 49.6 Å². The molecular formula is C23H26ClN5O2. The first-order chi connectivity index (χ1) is 14.9. The zero-order valence-electron chi connectivity index (χ0n) is 17.6. The van der Waals surface area contributed by atoms with Crippen LogP contribution in [0.3, 0.4) is 0 Å². The molecule has 3 saturated heterocycles. The summed E-state index contributed by atoms with van der Waals surface area (Å²) in [4.78, 5) is 41.3. The van der Waals surface area contributed by atoms with Crippen molar-refractivity contribution in [2.24, 2.45) is 10.8 Å². The van der Waals surface area contributed by atoms with Crippen LogP contribution in [0.1, 0.15) is 29.6 Å². The Morgan fingerprint density at radius 1 is 1.00 bits per heavy atom. The normalized spacial score (nSPS) is 25.1. The number of anilines is 1. The third-order valence-corrected chi connectivity index (χ3v) is 7.79. The lowest BCUT2D eigenvalue weighted by Gasteiger charge is -2.46. The van der Waals surface area contributed by atoms with Gasteiger partial charge in [-0.1, -0.05) is 11.6 Å². The summed E-state index contributed by atoms with van der Waals surface area (Å²) < 4.78 is 0. The number of piperidine rings is 1. The van der Waals surface area contributed by atoms with E-state index in [0.29, 0.717) is 36.2 Å². The standard InChI is InChI=1S/C23H26ClN5O2/c1-27-12-9-23(20(27)31)16-29(21-25-10-2-11-26-21)15-22(23)7-13-28(14-8-22)19(30)17-3-5-18(24)6-4-17/h2-6,10-11H,7-9,12-16H2,1H3. The third-order valence-electron chi connectivity index (χ3n) is 7.53. The first-order valence-electron chi connectivity index (χ1n) is 10.8. The summed E-state index contributed by atoms with van der Waals surface area (Å²) in [5.41, 5.74) is 0.0405. The Balaban J connectivity index is 1.40. The Hall–Kier alpha value is -2.67. The van der Waals surface area contributed by atoms with Crippen LogP contribution in [0.2, 0.25) is 5.02 Å². The Labute approximate surface area is 187 Å². The number of amides is 2. The second kappa shape index (κ2) is 7.48. The fraction of sp³-hybridized carbons (Fsp3) is 0.478. The van der Waals surface area contributed by atoms with E-state index in [0.717, 1.165) is 32.4 Å². The Morgan fingerprint density at radius 2 is 1.68 bits per heavy atom. The molecule has 8 heteroatoms. The predicted molar refractivity (Wildman–Crippen MR) is 118 cm³/mol. The summed E-state index contributed by atoms with van der Waals surface area (Å²) >= 11 is 5.97. The van der Waals surface area contributed by atoms with Crippen LogP contribution in [-0.2, 0) is 4.79 Å². The number of fused-ring (bicyclic) bond motifs is 1. The molecule has 3 fully saturated rings. The number of hydrogen-bond acceptors (Lipinski definition) is 5. The molecule has 2 spiro atoms. The van der Waals surface area contributed by atoms with Gasteiger partial charge < -0.3 is 14.7 Å². The summed E-state index contributed by atoms with van der Waals surface area (Å²) in [6.07, 6.45) is 5.94. The summed E-state index contributed by atoms with van der Waals surface area (Å²) in [5, 5.41) is 0.620. The number of benzene rings is 1. The molecule has 4 heterocycles. The number of aromatic nitrogens is 2. The predicted octanol–water partition coefficient (Wildman–Crippen LogP) is 2.72. The first kappa shape index (κ1) is 20.2. The van der Waals surface area contributed by atoms with E-state index < -0.39 is 5.41 Å². The average Bonchev–Trinajstić information content (AvgIpc) is 3.28. The van der Waals surface area contributed by atoms with Crippen molar-refractivity contribution in [3.05, 3.63) is 53.3 Å². The van der Waals surface area contributed by atoms with Gasteiger partial charge in [-0.3, -0.25) is 9.59 Å². The highest BCUT2D eigenvalue weighted by Crippen LogP contribution is 2.58. The van der Waals surface area contributed by atoms with E-state index in [9.17, 15) is 9.59 Å². The van der Waals surface area contributed by atoms with Crippen molar-refractivity contribution >= 4 is 29.4 Å². The maximum Gasteiger partial charge on any atom is 0.253 e. The highest BCUT2D eigenvalue weighted by molar-refractivity contribution is 6.30. The molecule has 2 amide bonds. The fourth-order valence-corrected chi connectivity index (χ4v) is 5.91. The number of rotatable bonds is 2. The van der Waals surface area contributed by atoms with Crippen LogP contribution in [0.15, 0.2) is 42.7 Å². The van der Waals surface area contributed by atoms with Crippen molar-refractivity contribution in [3.8, 4) is 0 Å². The number of carbonyl (C=O) groups excluding carboxylic acids is 2. The van der Waals surface area contributed by atoms with Gasteiger partial charge in [0.1, 0.15) is 0 Å². The van der Waals surface area contributed by atoms with E-state index in [4.69, 9.17) is 11.6 Å². The van der Waals surface area contributed by atoms with Crippen LogP contribution in [0.25, 0.3) is 0 Å². The molecule has 0 radical (unpaired) electrons. The lowest BCUT2D eigenvalue weighted by molar-refractivity contribution is -0.140. The van der Waals surface area contributed by atoms with Crippen LogP contribution in [0, 0.1) is 10.8 Å². The van der Waals surface area contributed by atoms with Crippen molar-refractivity contribution in [1.29, 1.82) is 0 Å². The number of nitrogens with zero attached hydrogens (tertiary/aromatic N) is 5. The molecule has 5 rings (SSSR count). The zero-order chi connectivity index (χ0) is 21.6. The minimum Gasteiger partial charge on any atom is -0.345 e. The molecule has 2 aromatic rings. The number of carbonyl (C=O) groups is 2. The van der Waals surface area contributed by atoms with Crippen molar-refractivity contribution in [1.82, 2.24) is 19.8 Å². The second-order valence-electron chi connectivity index (χ2n) is 9.04. The van der Waals surface area contributed by atoms with E-state index in [2.05, 4.69) is 14.9 Å². The van der Waals surface area contributed by atoms with E-state index in [1.54, 1.807) is 42.7 Å². The third kappa shape index (κ3) is 3.17. The average molecular weight is 440 g/mol. The quantitative estimate of drug-likeness (QED) is 0.719. The van der Waals surface area contributed by atoms with Crippen LogP contribution in [-0.4, -0.2) is 71.4 Å². The van der Waals surface area contributed by atoms with E-state index in [-0.39, 0.29) is 17.2 Å². The van der Waals surface area contributed by atoms with Gasteiger partial charge >= 0.3 is 0 Å². The topological polar surface area (TPSA) is 69.6 Å². The molecule has 1 atom stereocenters.